The van der Waals surface area contributed by atoms with Crippen LogP contribution in [-0.2, 0) is 53.9 Å². The van der Waals surface area contributed by atoms with E-state index in [4.69, 9.17) is 29.2 Å². The molecule has 0 amide bonds. The third-order valence-corrected chi connectivity index (χ3v) is 21.1. The minimum atomic E-state index is -1.56. The lowest BCUT2D eigenvalue weighted by Crippen LogP contribution is -2.48. The molecule has 14 nitrogen and oxygen atoms in total. The minimum Gasteiger partial charge on any atom is -0.423 e. The number of nitrogens with one attached hydrogen (secondary N) is 2. The summed E-state index contributed by atoms with van der Waals surface area (Å²) in [7, 11) is -3.34. The van der Waals surface area contributed by atoms with Crippen LogP contribution in [0.25, 0.3) is 87.2 Å². The molecule has 0 aliphatic carbocycles. The van der Waals surface area contributed by atoms with Gasteiger partial charge in [-0.25, -0.2) is 19.9 Å². The Labute approximate surface area is 648 Å². The highest BCUT2D eigenvalue weighted by Gasteiger charge is 2.34. The van der Waals surface area contributed by atoms with Gasteiger partial charge in [0.2, 0.25) is 0 Å². The smallest absolute Gasteiger partial charge is 0.423 e. The van der Waals surface area contributed by atoms with Crippen molar-refractivity contribution in [2.75, 3.05) is 39.4 Å². The molecule has 550 valence electrons. The molecular weight excluding hydrogens is 1410 g/mol. The Balaban J connectivity index is 0.000000167. The molecule has 1 saturated heterocycles. The minimum absolute atomic E-state index is 0. The van der Waals surface area contributed by atoms with Crippen LogP contribution in [0.2, 0.25) is 0 Å². The Kier molecular flexibility index (Phi) is 26.5. The number of benzene rings is 11. The first-order valence-corrected chi connectivity index (χ1v) is 38.7. The Morgan fingerprint density at radius 1 is 0.367 bits per heavy atom. The number of aromatic nitrogens is 4. The fourth-order valence-electron chi connectivity index (χ4n) is 15.0. The van der Waals surface area contributed by atoms with Crippen LogP contribution in [0.4, 0.5) is 0 Å². The Morgan fingerprint density at radius 3 is 0.954 bits per heavy atom. The Morgan fingerprint density at radius 2 is 0.642 bits per heavy atom. The maximum atomic E-state index is 10.3. The molecule has 109 heavy (non-hydrogen) atoms. The lowest BCUT2D eigenvalue weighted by molar-refractivity contribution is 0.0342. The van der Waals surface area contributed by atoms with Gasteiger partial charge in [0.05, 0.1) is 44.1 Å². The first kappa shape index (κ1) is 77.5. The molecule has 1 fully saturated rings. The monoisotopic (exact) mass is 1510 g/mol. The number of hydrogen-bond acceptors (Lipinski definition) is 14. The largest absolute Gasteiger partial charge is 0.494 e. The summed E-state index contributed by atoms with van der Waals surface area (Å²) in [5, 5.41) is 58.7. The highest BCUT2D eigenvalue weighted by atomic mass is 79.9. The SMILES string of the molecule is C.CC1(C)COB(c2ccccc2CBr)OC1.OB(O)c1ccccc1CN(CCCCN(Cc1ccccc1B(O)O)Cc1c2ccccc2nc2ccccc12)Cc1c2ccccc2nc2ccccc12.c1ccc2c(CNCCCCNCc3c4ccccc4nc4ccccc34)c3ccccc3nc2c1. The van der Waals surface area contributed by atoms with Gasteiger partial charge in [-0.3, -0.25) is 9.80 Å². The van der Waals surface area contributed by atoms with Crippen molar-refractivity contribution in [2.45, 2.75) is 91.6 Å². The number of fused-ring (bicyclic) bond motifs is 8. The Bertz CT molecular complexity index is 5050. The maximum Gasteiger partial charge on any atom is 0.494 e. The van der Waals surface area contributed by atoms with Crippen LogP contribution in [0.1, 0.15) is 85.9 Å². The van der Waals surface area contributed by atoms with E-state index < -0.39 is 14.2 Å². The molecule has 0 spiro atoms. The summed E-state index contributed by atoms with van der Waals surface area (Å²) in [5.41, 5.74) is 18.4. The third-order valence-electron chi connectivity index (χ3n) is 20.5. The van der Waals surface area contributed by atoms with Gasteiger partial charge in [-0.2, -0.15) is 0 Å². The first-order chi connectivity index (χ1) is 52.9. The van der Waals surface area contributed by atoms with Crippen LogP contribution >= 0.6 is 15.9 Å². The van der Waals surface area contributed by atoms with E-state index in [0.29, 0.717) is 37.1 Å². The zero-order chi connectivity index (χ0) is 74.2. The van der Waals surface area contributed by atoms with E-state index in [0.717, 1.165) is 166 Å². The van der Waals surface area contributed by atoms with E-state index in [1.54, 1.807) is 12.1 Å². The number of halogens is 1. The average molecular weight is 1510 g/mol. The first-order valence-electron chi connectivity index (χ1n) is 37.6. The predicted molar refractivity (Wildman–Crippen MR) is 457 cm³/mol. The van der Waals surface area contributed by atoms with E-state index in [9.17, 15) is 20.1 Å². The standard InChI is InChI=1S/C46H44B2N4O4.C32H30N4.C12H16BBrO2.CH4/c53-47(54)41-21-7-1-15-33(41)29-51(31-39-35-17-3-9-23-43(35)49-44-24-10-4-18-36(39)44)27-13-14-28-52(30-34-16-2-8-22-42(34)48(55)56)32-40-37-19-5-11-25-45(37)50-46-26-12-6-20-38(40)46;1-5-15-29-23(11-1)27(24-12-2-6-16-30(24)35-29)21-33-19-9-10-20-34-22-28-25-13-3-7-17-31(25)36-32-18-8-4-14-26(28)32;1-12(2)8-15-13(16-9-12)11-6-4-3-5-10(11)7-14;/h1-12,15-26,53-56H,13-14,27-32H2;1-8,11-18,33-34H,9-10,19-22H2;3-6H,7-9H2,1-2H3;1H4. The topological polar surface area (TPSA) is 181 Å². The molecule has 0 bridgehead atoms. The van der Waals surface area contributed by atoms with Crippen molar-refractivity contribution in [2.24, 2.45) is 5.41 Å². The molecule has 0 atom stereocenters. The summed E-state index contributed by atoms with van der Waals surface area (Å²) in [6.45, 7) is 13.4. The lowest BCUT2D eigenvalue weighted by atomic mass is 9.74. The number of alkyl halides is 1. The molecule has 1 aliphatic rings. The molecule has 15 aromatic rings. The zero-order valence-electron chi connectivity index (χ0n) is 61.3. The van der Waals surface area contributed by atoms with Gasteiger partial charge in [-0.05, 0) is 156 Å². The summed E-state index contributed by atoms with van der Waals surface area (Å²) in [4.78, 5) is 24.4. The van der Waals surface area contributed by atoms with Gasteiger partial charge in [-0.1, -0.05) is 256 Å². The fraction of sp³-hybridized carbons (Fsp3) is 0.231. The van der Waals surface area contributed by atoms with E-state index in [1.807, 2.05) is 72.8 Å². The number of hydrogen-bond donors (Lipinski definition) is 6. The van der Waals surface area contributed by atoms with Crippen molar-refractivity contribution in [1.29, 1.82) is 0 Å². The van der Waals surface area contributed by atoms with Crippen LogP contribution in [0.15, 0.2) is 267 Å². The summed E-state index contributed by atoms with van der Waals surface area (Å²) < 4.78 is 11.6. The van der Waals surface area contributed by atoms with Crippen LogP contribution < -0.4 is 27.0 Å². The van der Waals surface area contributed by atoms with Gasteiger partial charge >= 0.3 is 21.4 Å². The summed E-state index contributed by atoms with van der Waals surface area (Å²) in [5.74, 6) is 0. The van der Waals surface area contributed by atoms with Gasteiger partial charge < -0.3 is 40.0 Å². The molecule has 11 aromatic carbocycles. The van der Waals surface area contributed by atoms with Gasteiger partial charge in [-0.15, -0.1) is 0 Å². The highest BCUT2D eigenvalue weighted by Crippen LogP contribution is 2.33. The number of nitrogens with zero attached hydrogens (tertiary/aromatic N) is 6. The second-order valence-corrected chi connectivity index (χ2v) is 29.3. The Hall–Kier alpha value is -9.63. The lowest BCUT2D eigenvalue weighted by Gasteiger charge is -2.33. The van der Waals surface area contributed by atoms with E-state index in [2.05, 4.69) is 232 Å². The fourth-order valence-corrected chi connectivity index (χ4v) is 15.5. The van der Waals surface area contributed by atoms with Crippen LogP contribution in [-0.4, -0.2) is 111 Å². The van der Waals surface area contributed by atoms with Crippen molar-refractivity contribution < 1.29 is 29.4 Å². The predicted octanol–water partition coefficient (Wildman–Crippen LogP) is 15.7. The number of para-hydroxylation sites is 8. The maximum absolute atomic E-state index is 10.3. The van der Waals surface area contributed by atoms with Crippen molar-refractivity contribution >= 4 is 141 Å². The molecule has 16 rings (SSSR count). The van der Waals surface area contributed by atoms with E-state index in [-0.39, 0.29) is 20.0 Å². The van der Waals surface area contributed by atoms with Crippen LogP contribution in [0.3, 0.4) is 0 Å². The van der Waals surface area contributed by atoms with Crippen molar-refractivity contribution in [3.8, 4) is 0 Å². The number of pyridine rings is 4. The quantitative estimate of drug-likeness (QED) is 0.0130. The van der Waals surface area contributed by atoms with Crippen molar-refractivity contribution in [3.63, 3.8) is 0 Å². The van der Waals surface area contributed by atoms with Crippen molar-refractivity contribution in [3.05, 3.63) is 306 Å². The summed E-state index contributed by atoms with van der Waals surface area (Å²) in [6, 6.07) is 90.2. The second-order valence-electron chi connectivity index (χ2n) is 28.8. The van der Waals surface area contributed by atoms with Gasteiger partial charge in [0.25, 0.3) is 0 Å². The number of unbranched alkanes of at least 4 members (excludes halogenated alkanes) is 2. The van der Waals surface area contributed by atoms with Gasteiger partial charge in [0.1, 0.15) is 0 Å². The molecule has 0 saturated carbocycles. The summed E-state index contributed by atoms with van der Waals surface area (Å²) >= 11 is 3.49. The van der Waals surface area contributed by atoms with Gasteiger partial charge in [0.15, 0.2) is 0 Å². The average Bonchev–Trinajstić information content (AvgIpc) is 0.794. The normalized spacial score (nSPS) is 12.8. The molecule has 5 heterocycles. The second kappa shape index (κ2) is 37.2. The molecule has 6 N–H and O–H groups in total. The van der Waals surface area contributed by atoms with E-state index in [1.165, 1.54) is 49.4 Å². The number of rotatable bonds is 26. The van der Waals surface area contributed by atoms with Crippen LogP contribution in [0.5, 0.6) is 0 Å². The van der Waals surface area contributed by atoms with E-state index >= 15 is 0 Å². The third kappa shape index (κ3) is 19.0. The molecular formula is C91H94B3BrN8O6. The molecule has 1 aliphatic heterocycles. The van der Waals surface area contributed by atoms with Gasteiger partial charge in [0, 0.05) is 106 Å². The molecule has 18 heteroatoms. The van der Waals surface area contributed by atoms with Crippen LogP contribution in [0, 0.1) is 5.41 Å². The molecule has 0 unspecified atom stereocenters. The zero-order valence-corrected chi connectivity index (χ0v) is 62.9. The molecule has 4 aromatic heterocycles. The van der Waals surface area contributed by atoms with Crippen molar-refractivity contribution in [1.82, 2.24) is 40.4 Å². The molecule has 0 radical (unpaired) electrons. The summed E-state index contributed by atoms with van der Waals surface area (Å²) in [6.07, 6.45) is 4.02. The highest BCUT2D eigenvalue weighted by molar-refractivity contribution is 9.08.